The van der Waals surface area contributed by atoms with Gasteiger partial charge in [-0.15, -0.1) is 18.0 Å². The Morgan fingerprint density at radius 3 is 2.71 bits per heavy atom. The molecule has 0 aromatic rings. The number of nitrogens with one attached hydrogen (secondary N) is 2. The summed E-state index contributed by atoms with van der Waals surface area (Å²) in [5, 5.41) is 6.51. The largest absolute Gasteiger partial charge is 0.313 e. The molecule has 0 rings (SSSR count). The maximum atomic E-state index is 5.54. The number of unbranched alkanes of at least 4 members (excludes halogenated alkanes) is 2. The van der Waals surface area contributed by atoms with Gasteiger partial charge in [-0.25, -0.2) is 0 Å². The Labute approximate surface area is 92.8 Å². The molecule has 0 aromatic heterocycles. The second-order valence-corrected chi connectivity index (χ2v) is 3.65. The molecule has 14 heavy (non-hydrogen) atoms. The van der Waals surface area contributed by atoms with E-state index in [0.717, 1.165) is 19.6 Å². The van der Waals surface area contributed by atoms with Crippen molar-refractivity contribution in [2.24, 2.45) is 0 Å². The summed E-state index contributed by atoms with van der Waals surface area (Å²) in [4.78, 5) is 0. The van der Waals surface area contributed by atoms with E-state index in [1.165, 1.54) is 19.3 Å². The molecule has 0 aromatic carbocycles. The van der Waals surface area contributed by atoms with Crippen molar-refractivity contribution in [2.45, 2.75) is 32.2 Å². The lowest BCUT2D eigenvalue weighted by molar-refractivity contribution is 0.537. The fourth-order valence-electron chi connectivity index (χ4n) is 1.15. The molecule has 0 fully saturated rings. The maximum absolute atomic E-state index is 5.54. The van der Waals surface area contributed by atoms with E-state index in [4.69, 9.17) is 18.0 Å². The van der Waals surface area contributed by atoms with Crippen LogP contribution in [0.1, 0.15) is 26.2 Å². The highest BCUT2D eigenvalue weighted by Gasteiger charge is 2.01. The summed E-state index contributed by atoms with van der Waals surface area (Å²) in [6.07, 6.45) is 9.09. The highest BCUT2D eigenvalue weighted by atomic mass is 35.5. The van der Waals surface area contributed by atoms with E-state index in [-0.39, 0.29) is 6.04 Å². The van der Waals surface area contributed by atoms with Gasteiger partial charge in [-0.2, -0.15) is 0 Å². The summed E-state index contributed by atoms with van der Waals surface area (Å²) >= 11 is 5.54. The molecule has 0 aliphatic carbocycles. The van der Waals surface area contributed by atoms with E-state index in [1.54, 1.807) is 0 Å². The van der Waals surface area contributed by atoms with Crippen LogP contribution < -0.4 is 10.6 Å². The van der Waals surface area contributed by atoms with Gasteiger partial charge in [0.15, 0.2) is 0 Å². The first-order valence-corrected chi connectivity index (χ1v) is 5.84. The van der Waals surface area contributed by atoms with Crippen LogP contribution in [0.3, 0.4) is 0 Å². The third-order valence-electron chi connectivity index (χ3n) is 1.99. The zero-order valence-corrected chi connectivity index (χ0v) is 9.74. The molecule has 0 amide bonds. The summed E-state index contributed by atoms with van der Waals surface area (Å²) in [6, 6.07) is 0.134. The van der Waals surface area contributed by atoms with Gasteiger partial charge in [-0.3, -0.25) is 0 Å². The molecule has 0 saturated carbocycles. The van der Waals surface area contributed by atoms with Crippen LogP contribution in [-0.4, -0.2) is 31.6 Å². The number of terminal acetylenes is 1. The Morgan fingerprint density at radius 1 is 1.36 bits per heavy atom. The second-order valence-electron chi connectivity index (χ2n) is 3.27. The molecule has 0 aliphatic rings. The van der Waals surface area contributed by atoms with Crippen molar-refractivity contribution in [1.82, 2.24) is 10.6 Å². The SMILES string of the molecule is C#CC(CNCCCl)NCCCCC. The van der Waals surface area contributed by atoms with Crippen molar-refractivity contribution in [1.29, 1.82) is 0 Å². The summed E-state index contributed by atoms with van der Waals surface area (Å²) < 4.78 is 0. The molecule has 0 saturated heterocycles. The van der Waals surface area contributed by atoms with Crippen LogP contribution in [-0.2, 0) is 0 Å². The van der Waals surface area contributed by atoms with Crippen LogP contribution in [0.25, 0.3) is 0 Å². The Bertz CT molecular complexity index is 154. The summed E-state index contributed by atoms with van der Waals surface area (Å²) in [5.74, 6) is 3.35. The average Bonchev–Trinajstić information content (AvgIpc) is 2.22. The zero-order chi connectivity index (χ0) is 10.6. The quantitative estimate of drug-likeness (QED) is 0.348. The molecule has 82 valence electrons. The minimum absolute atomic E-state index is 0.134. The highest BCUT2D eigenvalue weighted by Crippen LogP contribution is 1.92. The van der Waals surface area contributed by atoms with Crippen molar-refractivity contribution < 1.29 is 0 Å². The zero-order valence-electron chi connectivity index (χ0n) is 8.98. The molecule has 0 aliphatic heterocycles. The minimum atomic E-state index is 0.134. The number of hydrogen-bond donors (Lipinski definition) is 2. The van der Waals surface area contributed by atoms with Gasteiger partial charge < -0.3 is 10.6 Å². The van der Waals surface area contributed by atoms with Crippen molar-refractivity contribution >= 4 is 11.6 Å². The molecular weight excluding hydrogens is 196 g/mol. The molecule has 0 spiro atoms. The lowest BCUT2D eigenvalue weighted by atomic mass is 10.2. The van der Waals surface area contributed by atoms with E-state index in [0.29, 0.717) is 5.88 Å². The average molecular weight is 217 g/mol. The van der Waals surface area contributed by atoms with Gasteiger partial charge in [-0.05, 0) is 13.0 Å². The molecule has 3 heteroatoms. The van der Waals surface area contributed by atoms with Gasteiger partial charge >= 0.3 is 0 Å². The van der Waals surface area contributed by atoms with Crippen LogP contribution in [0, 0.1) is 12.3 Å². The van der Waals surface area contributed by atoms with Crippen molar-refractivity contribution in [3.05, 3.63) is 0 Å². The maximum Gasteiger partial charge on any atom is 0.0813 e. The van der Waals surface area contributed by atoms with Crippen LogP contribution in [0.5, 0.6) is 0 Å². The number of halogens is 1. The molecule has 0 bridgehead atoms. The Hall–Kier alpha value is -0.230. The number of rotatable bonds is 9. The van der Waals surface area contributed by atoms with E-state index >= 15 is 0 Å². The third-order valence-corrected chi connectivity index (χ3v) is 2.18. The van der Waals surface area contributed by atoms with Crippen molar-refractivity contribution in [3.63, 3.8) is 0 Å². The van der Waals surface area contributed by atoms with E-state index in [1.807, 2.05) is 0 Å². The van der Waals surface area contributed by atoms with Crippen LogP contribution >= 0.6 is 11.6 Å². The first-order valence-electron chi connectivity index (χ1n) is 5.31. The summed E-state index contributed by atoms with van der Waals surface area (Å²) in [6.45, 7) is 4.82. The van der Waals surface area contributed by atoms with Gasteiger partial charge in [0.25, 0.3) is 0 Å². The number of hydrogen-bond acceptors (Lipinski definition) is 2. The molecule has 1 atom stereocenters. The minimum Gasteiger partial charge on any atom is -0.313 e. The standard InChI is InChI=1S/C11H21ClN2/c1-3-5-6-8-14-11(4-2)10-13-9-7-12/h2,11,13-14H,3,5-10H2,1H3. The fraction of sp³-hybridized carbons (Fsp3) is 0.818. The van der Waals surface area contributed by atoms with Gasteiger partial charge in [0.1, 0.15) is 0 Å². The van der Waals surface area contributed by atoms with Crippen LogP contribution in [0.2, 0.25) is 0 Å². The second kappa shape index (κ2) is 10.8. The molecule has 2 N–H and O–H groups in total. The van der Waals surface area contributed by atoms with E-state index < -0.39 is 0 Å². The molecule has 2 nitrogen and oxygen atoms in total. The Balaban J connectivity index is 3.35. The van der Waals surface area contributed by atoms with E-state index in [2.05, 4.69) is 23.5 Å². The Kier molecular flexibility index (Phi) is 10.7. The predicted octanol–water partition coefficient (Wildman–Crippen LogP) is 1.60. The van der Waals surface area contributed by atoms with Crippen molar-refractivity contribution in [2.75, 3.05) is 25.5 Å². The first kappa shape index (κ1) is 13.8. The highest BCUT2D eigenvalue weighted by molar-refractivity contribution is 6.18. The van der Waals surface area contributed by atoms with Crippen molar-refractivity contribution in [3.8, 4) is 12.3 Å². The third kappa shape index (κ3) is 8.37. The fourth-order valence-corrected chi connectivity index (χ4v) is 1.29. The van der Waals surface area contributed by atoms with Gasteiger partial charge in [0.2, 0.25) is 0 Å². The smallest absolute Gasteiger partial charge is 0.0813 e. The first-order chi connectivity index (χ1) is 6.85. The monoisotopic (exact) mass is 216 g/mol. The van der Waals surface area contributed by atoms with Gasteiger partial charge in [0.05, 0.1) is 6.04 Å². The molecule has 0 radical (unpaired) electrons. The van der Waals surface area contributed by atoms with Crippen LogP contribution in [0.4, 0.5) is 0 Å². The lowest BCUT2D eigenvalue weighted by Gasteiger charge is -2.13. The van der Waals surface area contributed by atoms with Gasteiger partial charge in [0, 0.05) is 19.0 Å². The van der Waals surface area contributed by atoms with Gasteiger partial charge in [-0.1, -0.05) is 25.7 Å². The van der Waals surface area contributed by atoms with Crippen LogP contribution in [0.15, 0.2) is 0 Å². The summed E-state index contributed by atoms with van der Waals surface area (Å²) in [5.41, 5.74) is 0. The normalized spacial score (nSPS) is 12.4. The lowest BCUT2D eigenvalue weighted by Crippen LogP contribution is -2.38. The topological polar surface area (TPSA) is 24.1 Å². The predicted molar refractivity (Wildman–Crippen MR) is 63.7 cm³/mol. The molecular formula is C11H21ClN2. The molecule has 0 heterocycles. The Morgan fingerprint density at radius 2 is 2.14 bits per heavy atom. The summed E-state index contributed by atoms with van der Waals surface area (Å²) in [7, 11) is 0. The number of alkyl halides is 1. The molecule has 1 unspecified atom stereocenters. The van der Waals surface area contributed by atoms with E-state index in [9.17, 15) is 0 Å².